The van der Waals surface area contributed by atoms with Crippen molar-refractivity contribution in [2.45, 2.75) is 32.8 Å². The molecule has 4 nitrogen and oxygen atoms in total. The Balaban J connectivity index is 1.71. The van der Waals surface area contributed by atoms with Crippen LogP contribution in [-0.2, 0) is 19.4 Å². The van der Waals surface area contributed by atoms with E-state index < -0.39 is 0 Å². The minimum absolute atomic E-state index is 0.204. The van der Waals surface area contributed by atoms with Gasteiger partial charge in [-0.25, -0.2) is 4.79 Å². The summed E-state index contributed by atoms with van der Waals surface area (Å²) in [5.41, 5.74) is 4.26. The van der Waals surface area contributed by atoms with Crippen molar-refractivity contribution in [1.82, 2.24) is 0 Å². The first-order valence-electron chi connectivity index (χ1n) is 8.52. The first-order chi connectivity index (χ1) is 12.2. The van der Waals surface area contributed by atoms with Gasteiger partial charge in [-0.15, -0.1) is 0 Å². The van der Waals surface area contributed by atoms with Crippen LogP contribution in [0.25, 0.3) is 11.0 Å². The largest absolute Gasteiger partial charge is 0.496 e. The molecule has 0 saturated carbocycles. The van der Waals surface area contributed by atoms with Gasteiger partial charge in [-0.3, -0.25) is 0 Å². The standard InChI is InChI=1S/C21H20O4/c1-13-18(24-12-14-6-3-4-9-19(14)23-2)11-10-16-15-7-5-8-17(15)21(22)25-20(13)16/h3-4,6,9-11H,5,7-8,12H2,1-2H3. The highest BCUT2D eigenvalue weighted by molar-refractivity contribution is 5.86. The van der Waals surface area contributed by atoms with Crippen molar-refractivity contribution >= 4 is 11.0 Å². The Morgan fingerprint density at radius 3 is 2.68 bits per heavy atom. The number of fused-ring (bicyclic) bond motifs is 3. The second kappa shape index (κ2) is 6.28. The SMILES string of the molecule is COc1ccccc1COc1ccc2c3c(c(=O)oc2c1C)CCC3. The summed E-state index contributed by atoms with van der Waals surface area (Å²) in [6.07, 6.45) is 2.78. The third-order valence-electron chi connectivity index (χ3n) is 4.92. The minimum Gasteiger partial charge on any atom is -0.496 e. The number of rotatable bonds is 4. The number of para-hydroxylation sites is 1. The molecule has 1 aromatic heterocycles. The molecule has 1 aliphatic carbocycles. The molecule has 1 heterocycles. The van der Waals surface area contributed by atoms with Crippen molar-refractivity contribution in [3.63, 3.8) is 0 Å². The molecule has 0 fully saturated rings. The maximum Gasteiger partial charge on any atom is 0.339 e. The number of benzene rings is 2. The van der Waals surface area contributed by atoms with Crippen LogP contribution in [0.2, 0.25) is 0 Å². The smallest absolute Gasteiger partial charge is 0.339 e. The highest BCUT2D eigenvalue weighted by atomic mass is 16.5. The van der Waals surface area contributed by atoms with Crippen LogP contribution in [-0.4, -0.2) is 7.11 Å². The lowest BCUT2D eigenvalue weighted by atomic mass is 10.0. The van der Waals surface area contributed by atoms with Crippen molar-refractivity contribution in [2.24, 2.45) is 0 Å². The monoisotopic (exact) mass is 336 g/mol. The molecule has 1 aliphatic rings. The maximum atomic E-state index is 12.2. The third-order valence-corrected chi connectivity index (χ3v) is 4.92. The van der Waals surface area contributed by atoms with Gasteiger partial charge in [0.25, 0.3) is 0 Å². The fourth-order valence-electron chi connectivity index (χ4n) is 3.60. The van der Waals surface area contributed by atoms with Gasteiger partial charge in [0.2, 0.25) is 0 Å². The first kappa shape index (κ1) is 15.8. The van der Waals surface area contributed by atoms with Crippen molar-refractivity contribution < 1.29 is 13.9 Å². The lowest BCUT2D eigenvalue weighted by Crippen LogP contribution is -2.08. The van der Waals surface area contributed by atoms with E-state index >= 15 is 0 Å². The average molecular weight is 336 g/mol. The van der Waals surface area contributed by atoms with E-state index in [1.807, 2.05) is 43.3 Å². The zero-order valence-electron chi connectivity index (χ0n) is 14.4. The van der Waals surface area contributed by atoms with Crippen LogP contribution in [0.5, 0.6) is 11.5 Å². The summed E-state index contributed by atoms with van der Waals surface area (Å²) in [5.74, 6) is 1.52. The highest BCUT2D eigenvalue weighted by Crippen LogP contribution is 2.33. The Labute approximate surface area is 146 Å². The Kier molecular flexibility index (Phi) is 3.96. The molecule has 0 amide bonds. The Morgan fingerprint density at radius 2 is 1.84 bits per heavy atom. The molecule has 3 aromatic rings. The number of hydrogen-bond donors (Lipinski definition) is 0. The molecule has 0 bridgehead atoms. The summed E-state index contributed by atoms with van der Waals surface area (Å²) < 4.78 is 17.0. The summed E-state index contributed by atoms with van der Waals surface area (Å²) in [7, 11) is 1.65. The van der Waals surface area contributed by atoms with E-state index in [2.05, 4.69) is 0 Å². The van der Waals surface area contributed by atoms with Crippen molar-refractivity contribution in [3.8, 4) is 11.5 Å². The fourth-order valence-corrected chi connectivity index (χ4v) is 3.60. The van der Waals surface area contributed by atoms with Gasteiger partial charge < -0.3 is 13.9 Å². The summed E-state index contributed by atoms with van der Waals surface area (Å²) in [6.45, 7) is 2.33. The highest BCUT2D eigenvalue weighted by Gasteiger charge is 2.21. The molecule has 2 aromatic carbocycles. The summed E-state index contributed by atoms with van der Waals surface area (Å²) >= 11 is 0. The number of methoxy groups -OCH3 is 1. The van der Waals surface area contributed by atoms with Crippen LogP contribution in [0.1, 0.15) is 28.7 Å². The van der Waals surface area contributed by atoms with Gasteiger partial charge in [0, 0.05) is 22.1 Å². The van der Waals surface area contributed by atoms with E-state index in [-0.39, 0.29) is 5.63 Å². The van der Waals surface area contributed by atoms with E-state index in [4.69, 9.17) is 13.9 Å². The predicted molar refractivity (Wildman–Crippen MR) is 96.6 cm³/mol. The lowest BCUT2D eigenvalue weighted by Gasteiger charge is -2.13. The van der Waals surface area contributed by atoms with E-state index in [0.717, 1.165) is 58.4 Å². The molecule has 0 radical (unpaired) electrons. The Hall–Kier alpha value is -2.75. The average Bonchev–Trinajstić information content (AvgIpc) is 3.13. The normalized spacial score (nSPS) is 13.0. The van der Waals surface area contributed by atoms with Crippen LogP contribution in [0.4, 0.5) is 0 Å². The Morgan fingerprint density at radius 1 is 1.04 bits per heavy atom. The van der Waals surface area contributed by atoms with Crippen molar-refractivity contribution in [3.05, 3.63) is 69.1 Å². The molecule has 4 heteroatoms. The topological polar surface area (TPSA) is 48.7 Å². The maximum absolute atomic E-state index is 12.2. The van der Waals surface area contributed by atoms with Crippen LogP contribution in [0.3, 0.4) is 0 Å². The van der Waals surface area contributed by atoms with E-state index in [9.17, 15) is 4.79 Å². The van der Waals surface area contributed by atoms with Crippen molar-refractivity contribution in [1.29, 1.82) is 0 Å². The van der Waals surface area contributed by atoms with E-state index in [0.29, 0.717) is 12.2 Å². The molecular formula is C21H20O4. The number of ether oxygens (including phenoxy) is 2. The summed E-state index contributed by atoms with van der Waals surface area (Å²) in [5, 5.41) is 1.04. The fraction of sp³-hybridized carbons (Fsp3) is 0.286. The number of hydrogen-bond acceptors (Lipinski definition) is 4. The van der Waals surface area contributed by atoms with E-state index in [1.54, 1.807) is 7.11 Å². The lowest BCUT2D eigenvalue weighted by molar-refractivity contribution is 0.294. The van der Waals surface area contributed by atoms with Crippen LogP contribution in [0.15, 0.2) is 45.6 Å². The van der Waals surface area contributed by atoms with Crippen LogP contribution in [0, 0.1) is 6.92 Å². The van der Waals surface area contributed by atoms with Gasteiger partial charge in [-0.2, -0.15) is 0 Å². The van der Waals surface area contributed by atoms with Gasteiger partial charge >= 0.3 is 5.63 Å². The third kappa shape index (κ3) is 2.68. The van der Waals surface area contributed by atoms with Crippen LogP contribution >= 0.6 is 0 Å². The second-order valence-electron chi connectivity index (χ2n) is 6.37. The van der Waals surface area contributed by atoms with Crippen molar-refractivity contribution in [2.75, 3.05) is 7.11 Å². The molecule has 4 rings (SSSR count). The zero-order valence-corrected chi connectivity index (χ0v) is 14.4. The van der Waals surface area contributed by atoms with Gasteiger partial charge in [0.05, 0.1) is 7.11 Å². The predicted octanol–water partition coefficient (Wildman–Crippen LogP) is 4.18. The second-order valence-corrected chi connectivity index (χ2v) is 6.37. The molecule has 0 saturated heterocycles. The minimum atomic E-state index is -0.204. The molecule has 0 spiro atoms. The molecule has 0 atom stereocenters. The summed E-state index contributed by atoms with van der Waals surface area (Å²) in [6, 6.07) is 11.7. The molecule has 0 N–H and O–H groups in total. The zero-order chi connectivity index (χ0) is 17.4. The molecule has 25 heavy (non-hydrogen) atoms. The molecule has 128 valence electrons. The van der Waals surface area contributed by atoms with Crippen LogP contribution < -0.4 is 15.1 Å². The summed E-state index contributed by atoms with van der Waals surface area (Å²) in [4.78, 5) is 12.2. The quantitative estimate of drug-likeness (QED) is 0.671. The Bertz CT molecular complexity index is 1000. The van der Waals surface area contributed by atoms with Gasteiger partial charge in [0.1, 0.15) is 23.7 Å². The van der Waals surface area contributed by atoms with Gasteiger partial charge in [0.15, 0.2) is 0 Å². The first-order valence-corrected chi connectivity index (χ1v) is 8.52. The van der Waals surface area contributed by atoms with E-state index in [1.165, 1.54) is 0 Å². The molecular weight excluding hydrogens is 316 g/mol. The molecule has 0 aliphatic heterocycles. The molecule has 0 unspecified atom stereocenters. The number of aryl methyl sites for hydroxylation is 2. The van der Waals surface area contributed by atoms with Gasteiger partial charge in [-0.05, 0) is 49.9 Å². The van der Waals surface area contributed by atoms with Gasteiger partial charge in [-0.1, -0.05) is 18.2 Å².